The number of hydrogen-bond acceptors (Lipinski definition) is 5. The van der Waals surface area contributed by atoms with Crippen molar-refractivity contribution in [1.82, 2.24) is 0 Å². The summed E-state index contributed by atoms with van der Waals surface area (Å²) in [5.74, 6) is 1.26. The lowest BCUT2D eigenvalue weighted by molar-refractivity contribution is -0.113. The number of thioether (sulfide) groups is 1. The summed E-state index contributed by atoms with van der Waals surface area (Å²) in [4.78, 5) is 21.4. The molecule has 1 aliphatic rings. The van der Waals surface area contributed by atoms with Gasteiger partial charge in [-0.25, -0.2) is 4.99 Å². The van der Waals surface area contributed by atoms with Crippen LogP contribution in [0.2, 0.25) is 0 Å². The van der Waals surface area contributed by atoms with Gasteiger partial charge in [-0.2, -0.15) is 0 Å². The van der Waals surface area contributed by atoms with Crippen molar-refractivity contribution in [2.45, 2.75) is 40.2 Å². The zero-order valence-corrected chi connectivity index (χ0v) is 26.9. The average Bonchev–Trinajstić information content (AvgIpc) is 3.31. The first kappa shape index (κ1) is 29.9. The van der Waals surface area contributed by atoms with E-state index in [0.29, 0.717) is 34.8 Å². The van der Waals surface area contributed by atoms with Crippen LogP contribution in [-0.4, -0.2) is 17.7 Å². The van der Waals surface area contributed by atoms with Crippen molar-refractivity contribution in [3.05, 3.63) is 122 Å². The lowest BCUT2D eigenvalue weighted by Crippen LogP contribution is -2.29. The van der Waals surface area contributed by atoms with Crippen molar-refractivity contribution in [1.29, 1.82) is 0 Å². The summed E-state index contributed by atoms with van der Waals surface area (Å²) in [6.45, 7) is 7.11. The molecule has 4 aromatic carbocycles. The Morgan fingerprint density at radius 1 is 0.857 bits per heavy atom. The minimum absolute atomic E-state index is 0.0917. The number of hydrogen-bond donors (Lipinski definition) is 0. The summed E-state index contributed by atoms with van der Waals surface area (Å²) in [5, 5.41) is 0.649. The second-order valence-corrected chi connectivity index (χ2v) is 11.8. The molecule has 1 saturated heterocycles. The Hall–Kier alpha value is -3.56. The number of carbonyl (C=O) groups excluding carboxylic acids is 1. The highest BCUT2D eigenvalue weighted by Crippen LogP contribution is 2.41. The predicted molar refractivity (Wildman–Crippen MR) is 183 cm³/mol. The van der Waals surface area contributed by atoms with Crippen molar-refractivity contribution in [3.8, 4) is 11.5 Å². The highest BCUT2D eigenvalue weighted by Gasteiger charge is 2.36. The van der Waals surface area contributed by atoms with Crippen molar-refractivity contribution >= 4 is 62.9 Å². The molecule has 5 rings (SSSR count). The lowest BCUT2D eigenvalue weighted by atomic mass is 10.1. The third-order valence-corrected chi connectivity index (χ3v) is 8.63. The maximum Gasteiger partial charge on any atom is 0.271 e. The largest absolute Gasteiger partial charge is 0.490 e. The molecule has 0 radical (unpaired) electrons. The Balaban J connectivity index is 1.54. The molecule has 214 valence electrons. The number of benzene rings is 4. The summed E-state index contributed by atoms with van der Waals surface area (Å²) in [7, 11) is 0. The van der Waals surface area contributed by atoms with Gasteiger partial charge in [0.15, 0.2) is 16.7 Å². The smallest absolute Gasteiger partial charge is 0.271 e. The molecular formula is C35H33IN2O3S. The molecule has 1 amide bonds. The molecule has 42 heavy (non-hydrogen) atoms. The molecule has 0 N–H and O–H groups in total. The molecule has 4 aromatic rings. The summed E-state index contributed by atoms with van der Waals surface area (Å²) < 4.78 is 13.1. The van der Waals surface area contributed by atoms with Crippen molar-refractivity contribution < 1.29 is 14.3 Å². The number of nitrogens with zero attached hydrogens (tertiary/aromatic N) is 2. The Bertz CT molecular complexity index is 1630. The van der Waals surface area contributed by atoms with Gasteiger partial charge in [0.25, 0.3) is 5.91 Å². The SMILES string of the molecule is CCOc1cc(/C=C2\SC(=Nc3ccccc3CC)N(c3ccccc3CC)C2=O)cc(I)c1OCc1ccccc1. The molecule has 7 heteroatoms. The molecule has 5 nitrogen and oxygen atoms in total. The second-order valence-electron chi connectivity index (χ2n) is 9.65. The van der Waals surface area contributed by atoms with Crippen LogP contribution in [0.3, 0.4) is 0 Å². The number of amides is 1. The van der Waals surface area contributed by atoms with Crippen molar-refractivity contribution in [3.63, 3.8) is 0 Å². The molecule has 0 bridgehead atoms. The first-order valence-corrected chi connectivity index (χ1v) is 16.0. The van der Waals surface area contributed by atoms with Gasteiger partial charge in [-0.15, -0.1) is 0 Å². The van der Waals surface area contributed by atoms with E-state index >= 15 is 0 Å². The molecule has 0 atom stereocenters. The number of anilines is 1. The summed E-state index contributed by atoms with van der Waals surface area (Å²) >= 11 is 3.67. The second kappa shape index (κ2) is 14.1. The van der Waals surface area contributed by atoms with Gasteiger partial charge in [0.2, 0.25) is 0 Å². The summed E-state index contributed by atoms with van der Waals surface area (Å²) in [6, 6.07) is 30.2. The predicted octanol–water partition coefficient (Wildman–Crippen LogP) is 9.20. The molecule has 0 saturated carbocycles. The third-order valence-electron chi connectivity index (χ3n) is 6.86. The standard InChI is InChI=1S/C35H33IN2O3S/c1-4-26-16-10-12-18-29(26)37-35-38(30-19-13-11-17-27(30)5-2)34(39)32(42-35)22-25-20-28(36)33(31(21-25)40-6-3)41-23-24-14-8-7-9-15-24/h7-22H,4-6,23H2,1-3H3/b32-22-,37-35?. The molecule has 0 unspecified atom stereocenters. The van der Waals surface area contributed by atoms with Crippen LogP contribution >= 0.6 is 34.4 Å². The molecule has 0 aliphatic carbocycles. The first-order valence-electron chi connectivity index (χ1n) is 14.1. The number of carbonyl (C=O) groups is 1. The van der Waals surface area contributed by atoms with Gasteiger partial charge in [0, 0.05) is 0 Å². The highest BCUT2D eigenvalue weighted by molar-refractivity contribution is 14.1. The van der Waals surface area contributed by atoms with E-state index in [1.165, 1.54) is 11.8 Å². The van der Waals surface area contributed by atoms with Crippen LogP contribution < -0.4 is 14.4 Å². The molecule has 0 spiro atoms. The van der Waals surface area contributed by atoms with Gasteiger partial charge < -0.3 is 9.47 Å². The number of para-hydroxylation sites is 2. The van der Waals surface area contributed by atoms with Gasteiger partial charge in [-0.3, -0.25) is 9.69 Å². The molecule has 1 fully saturated rings. The fraction of sp³-hybridized carbons (Fsp3) is 0.200. The number of aliphatic imine (C=N–C) groups is 1. The van der Waals surface area contributed by atoms with Crippen LogP contribution in [0, 0.1) is 3.57 Å². The van der Waals surface area contributed by atoms with Crippen LogP contribution in [0.25, 0.3) is 6.08 Å². The van der Waals surface area contributed by atoms with Crippen molar-refractivity contribution in [2.75, 3.05) is 11.5 Å². The van der Waals surface area contributed by atoms with Crippen LogP contribution in [0.15, 0.2) is 101 Å². The van der Waals surface area contributed by atoms with Gasteiger partial charge in [-0.1, -0.05) is 80.6 Å². The average molecular weight is 689 g/mol. The fourth-order valence-electron chi connectivity index (χ4n) is 4.77. The van der Waals surface area contributed by atoms with E-state index in [4.69, 9.17) is 14.5 Å². The number of halogens is 1. The Kier molecular flexibility index (Phi) is 10.0. The zero-order valence-electron chi connectivity index (χ0n) is 24.0. The van der Waals surface area contributed by atoms with Crippen molar-refractivity contribution in [2.24, 2.45) is 4.99 Å². The highest BCUT2D eigenvalue weighted by atomic mass is 127. The number of rotatable bonds is 10. The van der Waals surface area contributed by atoms with Crippen LogP contribution in [0.1, 0.15) is 43.0 Å². The number of aryl methyl sites for hydroxylation is 2. The Morgan fingerprint density at radius 2 is 1.55 bits per heavy atom. The van der Waals surface area contributed by atoms with E-state index in [1.54, 1.807) is 4.90 Å². The van der Waals surface area contributed by atoms with E-state index in [1.807, 2.05) is 91.9 Å². The zero-order chi connectivity index (χ0) is 29.5. The van der Waals surface area contributed by atoms with Crippen LogP contribution in [0.5, 0.6) is 11.5 Å². The monoisotopic (exact) mass is 688 g/mol. The van der Waals surface area contributed by atoms with E-state index < -0.39 is 0 Å². The van der Waals surface area contributed by atoms with Gasteiger partial charge in [0.1, 0.15) is 6.61 Å². The molecule has 0 aromatic heterocycles. The molecular weight excluding hydrogens is 655 g/mol. The normalized spacial score (nSPS) is 15.0. The fourth-order valence-corrected chi connectivity index (χ4v) is 6.53. The van der Waals surface area contributed by atoms with E-state index in [0.717, 1.165) is 50.0 Å². The van der Waals surface area contributed by atoms with Crippen LogP contribution in [0.4, 0.5) is 11.4 Å². The number of amidine groups is 1. The maximum absolute atomic E-state index is 14.1. The first-order chi connectivity index (χ1) is 20.5. The van der Waals surface area contributed by atoms with E-state index in [-0.39, 0.29) is 5.91 Å². The molecule has 1 heterocycles. The van der Waals surface area contributed by atoms with E-state index in [9.17, 15) is 4.79 Å². The quantitative estimate of drug-likeness (QED) is 0.123. The van der Waals surface area contributed by atoms with Crippen LogP contribution in [-0.2, 0) is 24.2 Å². The van der Waals surface area contributed by atoms with E-state index in [2.05, 4.69) is 48.6 Å². The topological polar surface area (TPSA) is 51.1 Å². The van der Waals surface area contributed by atoms with Gasteiger partial charge >= 0.3 is 0 Å². The molecule has 1 aliphatic heterocycles. The van der Waals surface area contributed by atoms with Gasteiger partial charge in [0.05, 0.1) is 26.5 Å². The third kappa shape index (κ3) is 6.73. The summed E-state index contributed by atoms with van der Waals surface area (Å²) in [5.41, 5.74) is 5.92. The minimum Gasteiger partial charge on any atom is -0.490 e. The minimum atomic E-state index is -0.0917. The van der Waals surface area contributed by atoms with Gasteiger partial charge in [-0.05, 0) is 107 Å². The maximum atomic E-state index is 14.1. The Labute approximate surface area is 265 Å². The number of ether oxygens (including phenoxy) is 2. The lowest BCUT2D eigenvalue weighted by Gasteiger charge is -2.19. The Morgan fingerprint density at radius 3 is 2.29 bits per heavy atom. The summed E-state index contributed by atoms with van der Waals surface area (Å²) in [6.07, 6.45) is 3.59.